The van der Waals surface area contributed by atoms with Gasteiger partial charge in [0.1, 0.15) is 17.5 Å². The first-order chi connectivity index (χ1) is 17.7. The van der Waals surface area contributed by atoms with Gasteiger partial charge < -0.3 is 20.1 Å². The molecule has 2 amide bonds. The molecular weight excluding hydrogens is 456 g/mol. The first kappa shape index (κ1) is 24.3. The van der Waals surface area contributed by atoms with E-state index in [0.29, 0.717) is 19.7 Å². The lowest BCUT2D eigenvalue weighted by Crippen LogP contribution is -2.48. The lowest BCUT2D eigenvalue weighted by Gasteiger charge is -2.32. The van der Waals surface area contributed by atoms with E-state index in [1.807, 2.05) is 47.1 Å². The van der Waals surface area contributed by atoms with Crippen molar-refractivity contribution in [3.8, 4) is 5.75 Å². The molecule has 9 heteroatoms. The first-order valence-electron chi connectivity index (χ1n) is 12.7. The highest BCUT2D eigenvalue weighted by atomic mass is 16.5. The molecule has 2 aliphatic heterocycles. The number of fused-ring (bicyclic) bond motifs is 1. The SMILES string of the molecule is COc1ccc(C2Cn3nnc(CN4CCC(NC(=O)NCCc5ccccc5)CC4)c3CO2)cc1. The van der Waals surface area contributed by atoms with E-state index in [-0.39, 0.29) is 18.2 Å². The number of benzene rings is 2. The summed E-state index contributed by atoms with van der Waals surface area (Å²) in [6, 6.07) is 18.3. The molecule has 2 aromatic carbocycles. The number of rotatable bonds is 8. The van der Waals surface area contributed by atoms with Gasteiger partial charge in [0, 0.05) is 32.2 Å². The zero-order valence-electron chi connectivity index (χ0n) is 20.7. The van der Waals surface area contributed by atoms with Gasteiger partial charge in [-0.3, -0.25) is 4.90 Å². The Labute approximate surface area is 211 Å². The van der Waals surface area contributed by atoms with Gasteiger partial charge in [0.25, 0.3) is 0 Å². The maximum atomic E-state index is 12.3. The topological polar surface area (TPSA) is 93.5 Å². The third kappa shape index (κ3) is 6.03. The van der Waals surface area contributed by atoms with Crippen molar-refractivity contribution >= 4 is 6.03 Å². The van der Waals surface area contributed by atoms with Crippen molar-refractivity contribution in [2.75, 3.05) is 26.7 Å². The number of hydrogen-bond acceptors (Lipinski definition) is 6. The highest BCUT2D eigenvalue weighted by molar-refractivity contribution is 5.74. The summed E-state index contributed by atoms with van der Waals surface area (Å²) in [5, 5.41) is 15.0. The third-order valence-electron chi connectivity index (χ3n) is 7.00. The van der Waals surface area contributed by atoms with E-state index in [0.717, 1.165) is 61.6 Å². The van der Waals surface area contributed by atoms with Crippen molar-refractivity contribution < 1.29 is 14.3 Å². The number of carbonyl (C=O) groups excluding carboxylic acids is 1. The monoisotopic (exact) mass is 490 g/mol. The Balaban J connectivity index is 1.05. The second kappa shape index (κ2) is 11.5. The Kier molecular flexibility index (Phi) is 7.78. The van der Waals surface area contributed by atoms with Crippen LogP contribution < -0.4 is 15.4 Å². The van der Waals surface area contributed by atoms with Crippen molar-refractivity contribution in [1.82, 2.24) is 30.5 Å². The molecule has 0 bridgehead atoms. The molecule has 1 saturated heterocycles. The molecule has 1 fully saturated rings. The zero-order valence-corrected chi connectivity index (χ0v) is 20.7. The molecule has 3 aromatic rings. The lowest BCUT2D eigenvalue weighted by molar-refractivity contribution is -0.00218. The quantitative estimate of drug-likeness (QED) is 0.504. The maximum absolute atomic E-state index is 12.3. The number of piperidine rings is 1. The van der Waals surface area contributed by atoms with Gasteiger partial charge in [-0.25, -0.2) is 9.48 Å². The molecule has 9 nitrogen and oxygen atoms in total. The van der Waals surface area contributed by atoms with E-state index in [2.05, 4.69) is 38.0 Å². The minimum absolute atomic E-state index is 0.0429. The standard InChI is InChI=1S/C27H34N6O3/c1-35-23-9-7-21(8-10-23)26-18-33-25(19-36-26)24(30-31-33)17-32-15-12-22(13-16-32)29-27(34)28-14-11-20-5-3-2-4-6-20/h2-10,22,26H,11-19H2,1H3,(H2,28,29,34). The number of carbonyl (C=O) groups is 1. The van der Waals surface area contributed by atoms with Crippen LogP contribution in [-0.2, 0) is 30.9 Å². The van der Waals surface area contributed by atoms with E-state index in [9.17, 15) is 4.79 Å². The fraction of sp³-hybridized carbons (Fsp3) is 0.444. The minimum atomic E-state index is -0.0830. The van der Waals surface area contributed by atoms with Crippen LogP contribution in [-0.4, -0.2) is 58.7 Å². The molecule has 0 spiro atoms. The van der Waals surface area contributed by atoms with Gasteiger partial charge in [0.2, 0.25) is 0 Å². The molecule has 190 valence electrons. The summed E-state index contributed by atoms with van der Waals surface area (Å²) >= 11 is 0. The van der Waals surface area contributed by atoms with Crippen LogP contribution in [0.2, 0.25) is 0 Å². The summed E-state index contributed by atoms with van der Waals surface area (Å²) in [4.78, 5) is 14.7. The predicted octanol–water partition coefficient (Wildman–Crippen LogP) is 3.06. The number of nitrogens with one attached hydrogen (secondary N) is 2. The number of aromatic nitrogens is 3. The van der Waals surface area contributed by atoms with Crippen LogP contribution in [0, 0.1) is 0 Å². The molecule has 0 aliphatic carbocycles. The molecule has 36 heavy (non-hydrogen) atoms. The first-order valence-corrected chi connectivity index (χ1v) is 12.7. The van der Waals surface area contributed by atoms with Crippen LogP contribution in [0.3, 0.4) is 0 Å². The number of nitrogens with zero attached hydrogens (tertiary/aromatic N) is 4. The Morgan fingerprint density at radius 1 is 1.11 bits per heavy atom. The van der Waals surface area contributed by atoms with E-state index in [1.54, 1.807) is 7.11 Å². The molecule has 0 saturated carbocycles. The highest BCUT2D eigenvalue weighted by Gasteiger charge is 2.27. The second-order valence-corrected chi connectivity index (χ2v) is 9.42. The Morgan fingerprint density at radius 3 is 2.64 bits per heavy atom. The fourth-order valence-electron chi connectivity index (χ4n) is 4.85. The van der Waals surface area contributed by atoms with Crippen molar-refractivity contribution in [1.29, 1.82) is 0 Å². The summed E-state index contributed by atoms with van der Waals surface area (Å²) in [5.41, 5.74) is 4.37. The summed E-state index contributed by atoms with van der Waals surface area (Å²) in [6.07, 6.45) is 2.64. The minimum Gasteiger partial charge on any atom is -0.497 e. The van der Waals surface area contributed by atoms with Gasteiger partial charge in [-0.2, -0.15) is 0 Å². The van der Waals surface area contributed by atoms with Gasteiger partial charge in [0.05, 0.1) is 26.0 Å². The highest BCUT2D eigenvalue weighted by Crippen LogP contribution is 2.28. The molecule has 1 aromatic heterocycles. The van der Waals surface area contributed by atoms with Crippen LogP contribution in [0.15, 0.2) is 54.6 Å². The molecular formula is C27H34N6O3. The summed E-state index contributed by atoms with van der Waals surface area (Å²) in [5.74, 6) is 0.834. The van der Waals surface area contributed by atoms with Gasteiger partial charge >= 0.3 is 6.03 Å². The normalized spacial score (nSPS) is 18.4. The molecule has 1 atom stereocenters. The van der Waals surface area contributed by atoms with Gasteiger partial charge in [-0.05, 0) is 42.5 Å². The van der Waals surface area contributed by atoms with E-state index < -0.39 is 0 Å². The molecule has 1 unspecified atom stereocenters. The van der Waals surface area contributed by atoms with Gasteiger partial charge in [0.15, 0.2) is 0 Å². The fourth-order valence-corrected chi connectivity index (χ4v) is 4.85. The zero-order chi connectivity index (χ0) is 24.7. The second-order valence-electron chi connectivity index (χ2n) is 9.42. The molecule has 0 radical (unpaired) electrons. The van der Waals surface area contributed by atoms with Gasteiger partial charge in [-0.1, -0.05) is 47.7 Å². The predicted molar refractivity (Wildman–Crippen MR) is 136 cm³/mol. The van der Waals surface area contributed by atoms with Crippen LogP contribution in [0.4, 0.5) is 4.79 Å². The van der Waals surface area contributed by atoms with E-state index in [4.69, 9.17) is 9.47 Å². The molecule has 5 rings (SSSR count). The van der Waals surface area contributed by atoms with Crippen molar-refractivity contribution in [3.05, 3.63) is 77.1 Å². The Hall–Kier alpha value is -3.43. The van der Waals surface area contributed by atoms with Gasteiger partial charge in [-0.15, -0.1) is 5.10 Å². The number of hydrogen-bond donors (Lipinski definition) is 2. The smallest absolute Gasteiger partial charge is 0.315 e. The Bertz CT molecular complexity index is 1130. The van der Waals surface area contributed by atoms with Crippen molar-refractivity contribution in [2.45, 2.75) is 51.1 Å². The Morgan fingerprint density at radius 2 is 1.89 bits per heavy atom. The third-order valence-corrected chi connectivity index (χ3v) is 7.00. The van der Waals surface area contributed by atoms with Crippen molar-refractivity contribution in [2.24, 2.45) is 0 Å². The lowest BCUT2D eigenvalue weighted by atomic mass is 10.0. The molecule has 3 heterocycles. The molecule has 2 aliphatic rings. The summed E-state index contributed by atoms with van der Waals surface area (Å²) < 4.78 is 13.4. The van der Waals surface area contributed by atoms with Crippen LogP contribution in [0.5, 0.6) is 5.75 Å². The van der Waals surface area contributed by atoms with Crippen LogP contribution in [0.25, 0.3) is 0 Å². The van der Waals surface area contributed by atoms with E-state index >= 15 is 0 Å². The average molecular weight is 491 g/mol. The number of urea groups is 1. The summed E-state index contributed by atoms with van der Waals surface area (Å²) in [7, 11) is 1.67. The average Bonchev–Trinajstić information content (AvgIpc) is 3.32. The summed E-state index contributed by atoms with van der Waals surface area (Å²) in [6.45, 7) is 4.36. The van der Waals surface area contributed by atoms with E-state index in [1.165, 1.54) is 5.56 Å². The number of methoxy groups -OCH3 is 1. The van der Waals surface area contributed by atoms with Crippen LogP contribution >= 0.6 is 0 Å². The number of amides is 2. The largest absolute Gasteiger partial charge is 0.497 e. The molecule has 2 N–H and O–H groups in total. The number of ether oxygens (including phenoxy) is 2. The van der Waals surface area contributed by atoms with Crippen molar-refractivity contribution in [3.63, 3.8) is 0 Å². The van der Waals surface area contributed by atoms with Crippen LogP contribution in [0.1, 0.15) is 41.5 Å². The number of likely N-dealkylation sites (tertiary alicyclic amines) is 1. The maximum Gasteiger partial charge on any atom is 0.315 e.